The topological polar surface area (TPSA) is 41.6 Å². The number of carbonyl (C=O) groups is 1. The predicted octanol–water partition coefficient (Wildman–Crippen LogP) is 3.35. The van der Waals surface area contributed by atoms with E-state index in [2.05, 4.69) is 25.2 Å². The lowest BCUT2D eigenvalue weighted by Gasteiger charge is -2.27. The number of hydrogen-bond donors (Lipinski definition) is 1. The van der Waals surface area contributed by atoms with Gasteiger partial charge in [0.25, 0.3) is 5.91 Å². The summed E-state index contributed by atoms with van der Waals surface area (Å²) < 4.78 is 5.93. The molecule has 1 N–H and O–H groups in total. The largest absolute Gasteiger partial charge is 0.481 e. The van der Waals surface area contributed by atoms with E-state index in [0.717, 1.165) is 25.3 Å². The molecule has 0 aromatic heterocycles. The number of likely N-dealkylation sites (tertiary alicyclic amines) is 1. The molecule has 4 nitrogen and oxygen atoms in total. The first-order valence-electron chi connectivity index (χ1n) is 8.84. The molecule has 5 heteroatoms. The fourth-order valence-electron chi connectivity index (χ4n) is 3.60. The highest BCUT2D eigenvalue weighted by molar-refractivity contribution is 5.85. The quantitative estimate of drug-likeness (QED) is 0.903. The van der Waals surface area contributed by atoms with Crippen LogP contribution in [-0.4, -0.2) is 42.1 Å². The number of carbonyl (C=O) groups excluding carboxylic acids is 1. The Kier molecular flexibility index (Phi) is 6.53. The fraction of sp³-hybridized carbons (Fsp3) is 0.632. The lowest BCUT2D eigenvalue weighted by atomic mass is 10.0. The minimum absolute atomic E-state index is 0. The maximum absolute atomic E-state index is 12.7. The normalized spacial score (nSPS) is 24.2. The second-order valence-corrected chi connectivity index (χ2v) is 7.20. The molecular formula is C19H29ClN2O2. The van der Waals surface area contributed by atoms with E-state index >= 15 is 0 Å². The Morgan fingerprint density at radius 3 is 2.71 bits per heavy atom. The van der Waals surface area contributed by atoms with Crippen LogP contribution in [0.25, 0.3) is 0 Å². The van der Waals surface area contributed by atoms with Crippen molar-refractivity contribution in [2.24, 2.45) is 0 Å². The van der Waals surface area contributed by atoms with Crippen molar-refractivity contribution in [3.05, 3.63) is 29.8 Å². The molecule has 0 aliphatic carbocycles. The molecule has 1 aromatic carbocycles. The van der Waals surface area contributed by atoms with Crippen LogP contribution >= 0.6 is 12.4 Å². The molecule has 1 aromatic rings. The van der Waals surface area contributed by atoms with Gasteiger partial charge in [-0.15, -0.1) is 12.4 Å². The summed E-state index contributed by atoms with van der Waals surface area (Å²) in [6.07, 6.45) is 3.05. The van der Waals surface area contributed by atoms with Crippen molar-refractivity contribution in [2.45, 2.75) is 64.1 Å². The summed E-state index contributed by atoms with van der Waals surface area (Å²) in [5.74, 6) is 1.35. The maximum atomic E-state index is 12.7. The van der Waals surface area contributed by atoms with Crippen LogP contribution in [0.5, 0.6) is 5.75 Å². The van der Waals surface area contributed by atoms with Crippen LogP contribution in [-0.2, 0) is 4.79 Å². The van der Waals surface area contributed by atoms with Crippen LogP contribution in [0.1, 0.15) is 51.5 Å². The van der Waals surface area contributed by atoms with Crippen LogP contribution in [0.4, 0.5) is 0 Å². The molecule has 0 radical (unpaired) electrons. The zero-order valence-corrected chi connectivity index (χ0v) is 15.6. The van der Waals surface area contributed by atoms with Crippen LogP contribution < -0.4 is 10.1 Å². The number of hydrogen-bond acceptors (Lipinski definition) is 3. The van der Waals surface area contributed by atoms with Crippen LogP contribution in [0, 0.1) is 0 Å². The molecule has 3 rings (SSSR count). The van der Waals surface area contributed by atoms with Gasteiger partial charge in [-0.05, 0) is 49.8 Å². The van der Waals surface area contributed by atoms with Crippen molar-refractivity contribution in [3.63, 3.8) is 0 Å². The fourth-order valence-corrected chi connectivity index (χ4v) is 3.60. The van der Waals surface area contributed by atoms with Gasteiger partial charge in [0, 0.05) is 25.2 Å². The molecule has 2 saturated heterocycles. The third-order valence-corrected chi connectivity index (χ3v) is 5.02. The molecule has 1 amide bonds. The van der Waals surface area contributed by atoms with Gasteiger partial charge >= 0.3 is 0 Å². The number of halogens is 1. The molecule has 2 fully saturated rings. The molecule has 2 aliphatic heterocycles. The summed E-state index contributed by atoms with van der Waals surface area (Å²) in [6, 6.07) is 9.12. The SMILES string of the molecule is CC(Oc1cccc(C(C)C)c1)C(=O)N1CCC2CCC(C1)N2.Cl. The van der Waals surface area contributed by atoms with Gasteiger partial charge in [-0.2, -0.15) is 0 Å². The van der Waals surface area contributed by atoms with Gasteiger partial charge < -0.3 is 15.0 Å². The summed E-state index contributed by atoms with van der Waals surface area (Å²) in [6.45, 7) is 7.84. The Hall–Kier alpha value is -1.26. The number of rotatable bonds is 4. The van der Waals surface area contributed by atoms with Gasteiger partial charge in [-0.3, -0.25) is 4.79 Å². The smallest absolute Gasteiger partial charge is 0.263 e. The molecule has 24 heavy (non-hydrogen) atoms. The van der Waals surface area contributed by atoms with Gasteiger partial charge in [-0.1, -0.05) is 26.0 Å². The lowest BCUT2D eigenvalue weighted by molar-refractivity contribution is -0.138. The third-order valence-electron chi connectivity index (χ3n) is 5.02. The Morgan fingerprint density at radius 2 is 1.96 bits per heavy atom. The van der Waals surface area contributed by atoms with Crippen molar-refractivity contribution in [3.8, 4) is 5.75 Å². The molecule has 2 aliphatic rings. The van der Waals surface area contributed by atoms with Crippen molar-refractivity contribution in [1.29, 1.82) is 0 Å². The van der Waals surface area contributed by atoms with E-state index in [-0.39, 0.29) is 18.3 Å². The van der Waals surface area contributed by atoms with Crippen LogP contribution in [0.3, 0.4) is 0 Å². The molecule has 3 unspecified atom stereocenters. The maximum Gasteiger partial charge on any atom is 0.263 e. The lowest BCUT2D eigenvalue weighted by Crippen LogP contribution is -2.44. The second kappa shape index (κ2) is 8.21. The minimum Gasteiger partial charge on any atom is -0.481 e. The van der Waals surface area contributed by atoms with Crippen molar-refractivity contribution in [2.75, 3.05) is 13.1 Å². The van der Waals surface area contributed by atoms with E-state index < -0.39 is 6.10 Å². The Balaban J connectivity index is 0.00000208. The number of fused-ring (bicyclic) bond motifs is 2. The molecule has 0 spiro atoms. The zero-order valence-electron chi connectivity index (χ0n) is 14.8. The first kappa shape index (κ1) is 19.1. The highest BCUT2D eigenvalue weighted by Gasteiger charge is 2.33. The van der Waals surface area contributed by atoms with Crippen molar-refractivity contribution >= 4 is 18.3 Å². The van der Waals surface area contributed by atoms with Gasteiger partial charge in [0.2, 0.25) is 0 Å². The Bertz CT molecular complexity index is 564. The number of ether oxygens (including phenoxy) is 1. The molecular weight excluding hydrogens is 324 g/mol. The molecule has 3 atom stereocenters. The average molecular weight is 353 g/mol. The zero-order chi connectivity index (χ0) is 16.4. The first-order chi connectivity index (χ1) is 11.0. The summed E-state index contributed by atoms with van der Waals surface area (Å²) in [4.78, 5) is 14.7. The highest BCUT2D eigenvalue weighted by Crippen LogP contribution is 2.23. The number of nitrogens with zero attached hydrogens (tertiary/aromatic N) is 1. The first-order valence-corrected chi connectivity index (χ1v) is 8.84. The number of amides is 1. The van der Waals surface area contributed by atoms with E-state index in [0.29, 0.717) is 18.0 Å². The van der Waals surface area contributed by atoms with Gasteiger partial charge in [0.1, 0.15) is 5.75 Å². The third kappa shape index (κ3) is 4.42. The molecule has 2 heterocycles. The summed E-state index contributed by atoms with van der Waals surface area (Å²) in [5.41, 5.74) is 1.23. The predicted molar refractivity (Wildman–Crippen MR) is 99.0 cm³/mol. The Labute approximate surface area is 151 Å². The second-order valence-electron chi connectivity index (χ2n) is 7.20. The van der Waals surface area contributed by atoms with Crippen molar-refractivity contribution in [1.82, 2.24) is 10.2 Å². The molecule has 134 valence electrons. The number of benzene rings is 1. The van der Waals surface area contributed by atoms with Gasteiger partial charge in [0.05, 0.1) is 0 Å². The summed E-state index contributed by atoms with van der Waals surface area (Å²) in [7, 11) is 0. The van der Waals surface area contributed by atoms with Gasteiger partial charge in [-0.25, -0.2) is 0 Å². The van der Waals surface area contributed by atoms with E-state index in [4.69, 9.17) is 4.74 Å². The molecule has 0 saturated carbocycles. The minimum atomic E-state index is -0.436. The van der Waals surface area contributed by atoms with Crippen LogP contribution in [0.15, 0.2) is 24.3 Å². The Morgan fingerprint density at radius 1 is 1.21 bits per heavy atom. The standard InChI is InChI=1S/C19H28N2O2.ClH/c1-13(2)15-5-4-6-18(11-15)23-14(3)19(22)21-10-9-16-7-8-17(12-21)20-16;/h4-6,11,13-14,16-17,20H,7-10,12H2,1-3H3;1H. The van der Waals surface area contributed by atoms with E-state index in [1.165, 1.54) is 18.4 Å². The number of nitrogens with one attached hydrogen (secondary N) is 1. The van der Waals surface area contributed by atoms with Gasteiger partial charge in [0.15, 0.2) is 6.10 Å². The monoisotopic (exact) mass is 352 g/mol. The average Bonchev–Trinajstić information content (AvgIpc) is 2.86. The highest BCUT2D eigenvalue weighted by atomic mass is 35.5. The van der Waals surface area contributed by atoms with E-state index in [9.17, 15) is 4.79 Å². The summed E-state index contributed by atoms with van der Waals surface area (Å²) in [5, 5.41) is 3.61. The van der Waals surface area contributed by atoms with E-state index in [1.807, 2.05) is 30.0 Å². The van der Waals surface area contributed by atoms with Crippen molar-refractivity contribution < 1.29 is 9.53 Å². The van der Waals surface area contributed by atoms with E-state index in [1.54, 1.807) is 0 Å². The summed E-state index contributed by atoms with van der Waals surface area (Å²) >= 11 is 0. The molecule has 2 bridgehead atoms. The van der Waals surface area contributed by atoms with Crippen LogP contribution in [0.2, 0.25) is 0 Å².